The van der Waals surface area contributed by atoms with Crippen molar-refractivity contribution in [1.29, 1.82) is 0 Å². The van der Waals surface area contributed by atoms with Crippen molar-refractivity contribution >= 4 is 15.9 Å². The van der Waals surface area contributed by atoms with Gasteiger partial charge in [0.2, 0.25) is 0 Å². The second-order valence-corrected chi connectivity index (χ2v) is 5.43. The van der Waals surface area contributed by atoms with Gasteiger partial charge in [0.15, 0.2) is 0 Å². The summed E-state index contributed by atoms with van der Waals surface area (Å²) in [4.78, 5) is 0. The van der Waals surface area contributed by atoms with Crippen LogP contribution in [-0.4, -0.2) is 7.11 Å². The van der Waals surface area contributed by atoms with Crippen molar-refractivity contribution in [2.24, 2.45) is 5.84 Å². The number of hydrazine groups is 1. The molecule has 3 N–H and O–H groups in total. The summed E-state index contributed by atoms with van der Waals surface area (Å²) >= 11 is 3.29. The zero-order chi connectivity index (χ0) is 15.4. The lowest BCUT2D eigenvalue weighted by Gasteiger charge is -2.20. The molecule has 0 aliphatic carbocycles. The summed E-state index contributed by atoms with van der Waals surface area (Å²) in [5, 5.41) is 0. The van der Waals surface area contributed by atoms with Gasteiger partial charge < -0.3 is 4.74 Å². The number of rotatable bonds is 5. The fraction of sp³-hybridized carbons (Fsp3) is 0.200. The summed E-state index contributed by atoms with van der Waals surface area (Å²) in [5.41, 5.74) is 3.23. The minimum absolute atomic E-state index is 0.194. The third kappa shape index (κ3) is 3.58. The highest BCUT2D eigenvalue weighted by molar-refractivity contribution is 9.10. The third-order valence-electron chi connectivity index (χ3n) is 3.21. The molecule has 21 heavy (non-hydrogen) atoms. The molecule has 2 rings (SSSR count). The average molecular weight is 357 g/mol. The van der Waals surface area contributed by atoms with E-state index in [1.165, 1.54) is 19.2 Å². The molecule has 2 aromatic carbocycles. The maximum atomic E-state index is 14.1. The van der Waals surface area contributed by atoms with Crippen molar-refractivity contribution in [1.82, 2.24) is 5.43 Å². The first kappa shape index (κ1) is 15.9. The van der Waals surface area contributed by atoms with Gasteiger partial charge in [-0.1, -0.05) is 22.0 Å². The van der Waals surface area contributed by atoms with Gasteiger partial charge in [-0.3, -0.25) is 11.3 Å². The standard InChI is InChI=1S/C15H15BrF2N2O/c1-21-14-4-2-3-12(18)15(14)13(20-19)8-9-7-10(16)5-6-11(9)17/h2-7,13,20H,8,19H2,1H3. The number of hydrogen-bond acceptors (Lipinski definition) is 3. The van der Waals surface area contributed by atoms with Gasteiger partial charge in [0.25, 0.3) is 0 Å². The van der Waals surface area contributed by atoms with Crippen LogP contribution in [0.3, 0.4) is 0 Å². The van der Waals surface area contributed by atoms with Crippen LogP contribution in [0, 0.1) is 11.6 Å². The quantitative estimate of drug-likeness (QED) is 0.636. The second-order valence-electron chi connectivity index (χ2n) is 4.51. The number of benzene rings is 2. The Morgan fingerprint density at radius 2 is 2.00 bits per heavy atom. The monoisotopic (exact) mass is 356 g/mol. The Morgan fingerprint density at radius 3 is 2.67 bits per heavy atom. The van der Waals surface area contributed by atoms with Gasteiger partial charge in [-0.25, -0.2) is 8.78 Å². The van der Waals surface area contributed by atoms with Crippen molar-refractivity contribution in [3.63, 3.8) is 0 Å². The van der Waals surface area contributed by atoms with E-state index < -0.39 is 11.9 Å². The molecule has 0 aliphatic heterocycles. The Balaban J connectivity index is 2.39. The molecule has 0 saturated heterocycles. The van der Waals surface area contributed by atoms with E-state index in [4.69, 9.17) is 10.6 Å². The van der Waals surface area contributed by atoms with Crippen molar-refractivity contribution in [2.45, 2.75) is 12.5 Å². The topological polar surface area (TPSA) is 47.3 Å². The zero-order valence-electron chi connectivity index (χ0n) is 11.4. The SMILES string of the molecule is COc1cccc(F)c1C(Cc1cc(Br)ccc1F)NN. The van der Waals surface area contributed by atoms with Crippen molar-refractivity contribution in [3.8, 4) is 5.75 Å². The average Bonchev–Trinajstić information content (AvgIpc) is 2.48. The Kier molecular flexibility index (Phi) is 5.27. The van der Waals surface area contributed by atoms with E-state index in [-0.39, 0.29) is 17.8 Å². The molecule has 1 unspecified atom stereocenters. The van der Waals surface area contributed by atoms with Crippen LogP contribution in [0.5, 0.6) is 5.75 Å². The Morgan fingerprint density at radius 1 is 1.24 bits per heavy atom. The highest BCUT2D eigenvalue weighted by Gasteiger charge is 2.21. The van der Waals surface area contributed by atoms with Crippen LogP contribution in [0.2, 0.25) is 0 Å². The molecule has 6 heteroatoms. The fourth-order valence-corrected chi connectivity index (χ4v) is 2.61. The molecular formula is C15H15BrF2N2O. The molecule has 0 aromatic heterocycles. The van der Waals surface area contributed by atoms with Gasteiger partial charge in [-0.15, -0.1) is 0 Å². The van der Waals surface area contributed by atoms with Crippen LogP contribution in [0.25, 0.3) is 0 Å². The molecule has 2 aromatic rings. The van der Waals surface area contributed by atoms with Gasteiger partial charge in [0, 0.05) is 10.0 Å². The Bertz CT molecular complexity index is 637. The molecule has 0 amide bonds. The van der Waals surface area contributed by atoms with Crippen LogP contribution in [0.1, 0.15) is 17.2 Å². The van der Waals surface area contributed by atoms with Crippen molar-refractivity contribution in [3.05, 3.63) is 63.6 Å². The second kappa shape index (κ2) is 6.98. The number of ether oxygens (including phenoxy) is 1. The molecule has 112 valence electrons. The molecule has 0 heterocycles. The predicted molar refractivity (Wildman–Crippen MR) is 80.8 cm³/mol. The Hall–Kier alpha value is -1.50. The van der Waals surface area contributed by atoms with Crippen molar-refractivity contribution in [2.75, 3.05) is 7.11 Å². The minimum atomic E-state index is -0.607. The maximum Gasteiger partial charge on any atom is 0.131 e. The van der Waals surface area contributed by atoms with E-state index >= 15 is 0 Å². The van der Waals surface area contributed by atoms with Gasteiger partial charge in [-0.05, 0) is 42.3 Å². The molecular weight excluding hydrogens is 342 g/mol. The summed E-state index contributed by atoms with van der Waals surface area (Å²) in [7, 11) is 1.45. The normalized spacial score (nSPS) is 12.2. The lowest BCUT2D eigenvalue weighted by Crippen LogP contribution is -2.31. The van der Waals surface area contributed by atoms with Crippen molar-refractivity contribution < 1.29 is 13.5 Å². The van der Waals surface area contributed by atoms with Gasteiger partial charge in [-0.2, -0.15) is 0 Å². The van der Waals surface area contributed by atoms with Crippen LogP contribution < -0.4 is 16.0 Å². The summed E-state index contributed by atoms with van der Waals surface area (Å²) in [6.07, 6.45) is 0.194. The van der Waals surface area contributed by atoms with Crippen LogP contribution >= 0.6 is 15.9 Å². The number of nitrogens with one attached hydrogen (secondary N) is 1. The third-order valence-corrected chi connectivity index (χ3v) is 3.71. The van der Waals surface area contributed by atoms with Gasteiger partial charge in [0.1, 0.15) is 17.4 Å². The number of hydrogen-bond donors (Lipinski definition) is 2. The summed E-state index contributed by atoms with van der Waals surface area (Å²) < 4.78 is 33.8. The van der Waals surface area contributed by atoms with E-state index in [1.807, 2.05) is 0 Å². The highest BCUT2D eigenvalue weighted by atomic mass is 79.9. The van der Waals surface area contributed by atoms with E-state index in [2.05, 4.69) is 21.4 Å². The first-order chi connectivity index (χ1) is 10.1. The summed E-state index contributed by atoms with van der Waals surface area (Å²) in [5.74, 6) is 5.08. The van der Waals surface area contributed by atoms with Crippen LogP contribution in [0.15, 0.2) is 40.9 Å². The first-order valence-electron chi connectivity index (χ1n) is 6.29. The van der Waals surface area contributed by atoms with E-state index in [0.717, 1.165) is 4.47 Å². The van der Waals surface area contributed by atoms with E-state index in [0.29, 0.717) is 11.3 Å². The largest absolute Gasteiger partial charge is 0.496 e. The molecule has 1 atom stereocenters. The van der Waals surface area contributed by atoms with E-state index in [9.17, 15) is 8.78 Å². The molecule has 0 spiro atoms. The van der Waals surface area contributed by atoms with Gasteiger partial charge >= 0.3 is 0 Å². The maximum absolute atomic E-state index is 14.1. The number of halogens is 3. The minimum Gasteiger partial charge on any atom is -0.496 e. The Labute approximate surface area is 130 Å². The molecule has 3 nitrogen and oxygen atoms in total. The summed E-state index contributed by atoms with van der Waals surface area (Å²) in [6, 6.07) is 8.50. The smallest absolute Gasteiger partial charge is 0.131 e. The number of methoxy groups -OCH3 is 1. The number of nitrogens with two attached hydrogens (primary N) is 1. The first-order valence-corrected chi connectivity index (χ1v) is 7.08. The highest BCUT2D eigenvalue weighted by Crippen LogP contribution is 2.30. The molecule has 0 bridgehead atoms. The molecule has 0 saturated carbocycles. The summed E-state index contributed by atoms with van der Waals surface area (Å²) in [6.45, 7) is 0. The zero-order valence-corrected chi connectivity index (χ0v) is 13.0. The molecule has 0 aliphatic rings. The van der Waals surface area contributed by atoms with Crippen LogP contribution in [-0.2, 0) is 6.42 Å². The fourth-order valence-electron chi connectivity index (χ4n) is 2.20. The van der Waals surface area contributed by atoms with Crippen LogP contribution in [0.4, 0.5) is 8.78 Å². The molecule has 0 radical (unpaired) electrons. The predicted octanol–water partition coefficient (Wildman–Crippen LogP) is 3.48. The lowest BCUT2D eigenvalue weighted by atomic mass is 9.97. The lowest BCUT2D eigenvalue weighted by molar-refractivity contribution is 0.389. The van der Waals surface area contributed by atoms with Gasteiger partial charge in [0.05, 0.1) is 13.2 Å². The van der Waals surface area contributed by atoms with E-state index in [1.54, 1.807) is 24.3 Å². The molecule has 0 fully saturated rings.